The minimum absolute atomic E-state index is 0.0823. The quantitative estimate of drug-likeness (QED) is 0.480. The molecule has 0 spiro atoms. The van der Waals surface area contributed by atoms with Crippen LogP contribution in [0.1, 0.15) is 44.7 Å². The number of nitrogens with zero attached hydrogens (tertiary/aromatic N) is 4. The van der Waals surface area contributed by atoms with Crippen molar-refractivity contribution in [3.63, 3.8) is 0 Å². The molecule has 2 amide bonds. The summed E-state index contributed by atoms with van der Waals surface area (Å²) in [5, 5.41) is 18.6. The van der Waals surface area contributed by atoms with Crippen LogP contribution in [0.5, 0.6) is 0 Å². The molecule has 3 aromatic rings. The van der Waals surface area contributed by atoms with Gasteiger partial charge in [-0.1, -0.05) is 13.8 Å². The molecule has 0 radical (unpaired) electrons. The first-order valence-electron chi connectivity index (χ1n) is 11.1. The number of carbonyl (C=O) groups excluding carboxylic acids is 1. The van der Waals surface area contributed by atoms with Gasteiger partial charge in [-0.05, 0) is 49.4 Å². The average molecular weight is 472 g/mol. The Hall–Kier alpha value is -3.76. The Labute approximate surface area is 194 Å². The third kappa shape index (κ3) is 4.92. The number of carboxylic acids is 1. The molecule has 1 aliphatic rings. The van der Waals surface area contributed by atoms with Crippen LogP contribution in [-0.2, 0) is 4.79 Å². The van der Waals surface area contributed by atoms with Crippen molar-refractivity contribution in [3.05, 3.63) is 53.9 Å². The van der Waals surface area contributed by atoms with Crippen LogP contribution in [-0.4, -0.2) is 44.3 Å². The fourth-order valence-corrected chi connectivity index (χ4v) is 4.25. The second kappa shape index (κ2) is 9.62. The summed E-state index contributed by atoms with van der Waals surface area (Å²) in [6.45, 7) is 4.35. The van der Waals surface area contributed by atoms with Crippen molar-refractivity contribution >= 4 is 29.2 Å². The number of aromatic nitrogens is 3. The number of halogens is 2. The van der Waals surface area contributed by atoms with E-state index in [4.69, 9.17) is 0 Å². The number of urea groups is 1. The molecule has 4 rings (SSSR count). The molecule has 0 saturated carbocycles. The number of hydrogen-bond donors (Lipinski definition) is 3. The van der Waals surface area contributed by atoms with Gasteiger partial charge in [0.15, 0.2) is 5.65 Å². The molecule has 1 aromatic carbocycles. The van der Waals surface area contributed by atoms with Crippen molar-refractivity contribution in [2.24, 2.45) is 5.92 Å². The molecule has 2 aromatic heterocycles. The first-order chi connectivity index (χ1) is 16.2. The average Bonchev–Trinajstić information content (AvgIpc) is 3.41. The zero-order valence-electron chi connectivity index (χ0n) is 18.8. The zero-order valence-corrected chi connectivity index (χ0v) is 18.8. The standard InChI is InChI=1S/C23H26F2N6O3/c1-13(2)10-17(22(32)33)27-23(34)28-18-12-26-31-9-7-20(29-21(18)31)30-8-3-4-19(30)15-11-14(24)5-6-16(15)25/h5-7,9,11-13,17,19H,3-4,8,10H2,1-2H3,(H,32,33)(H2,27,28,34)/t17?,19-/m1/s1. The summed E-state index contributed by atoms with van der Waals surface area (Å²) < 4.78 is 29.7. The molecule has 11 heteroatoms. The molecule has 1 saturated heterocycles. The SMILES string of the molecule is CC(C)CC(NC(=O)Nc1cnn2ccc(N3CCC[C@@H]3c3cc(F)ccc3F)nc12)C(=O)O. The van der Waals surface area contributed by atoms with Crippen LogP contribution in [0.25, 0.3) is 5.65 Å². The number of amides is 2. The summed E-state index contributed by atoms with van der Waals surface area (Å²) in [6, 6.07) is 3.06. The summed E-state index contributed by atoms with van der Waals surface area (Å²) in [6.07, 6.45) is 4.79. The second-order valence-electron chi connectivity index (χ2n) is 8.75. The van der Waals surface area contributed by atoms with Crippen molar-refractivity contribution in [1.29, 1.82) is 0 Å². The van der Waals surface area contributed by atoms with Gasteiger partial charge >= 0.3 is 12.0 Å². The molecule has 9 nitrogen and oxygen atoms in total. The third-order valence-electron chi connectivity index (χ3n) is 5.78. The molecule has 3 heterocycles. The lowest BCUT2D eigenvalue weighted by atomic mass is 10.0. The lowest BCUT2D eigenvalue weighted by Crippen LogP contribution is -2.43. The highest BCUT2D eigenvalue weighted by Gasteiger charge is 2.30. The number of anilines is 2. The van der Waals surface area contributed by atoms with Crippen LogP contribution in [0.4, 0.5) is 25.1 Å². The maximum absolute atomic E-state index is 14.4. The highest BCUT2D eigenvalue weighted by Crippen LogP contribution is 2.37. The Bertz CT molecular complexity index is 1210. The Kier molecular flexibility index (Phi) is 6.62. The van der Waals surface area contributed by atoms with Gasteiger partial charge in [0.05, 0.1) is 12.2 Å². The predicted molar refractivity (Wildman–Crippen MR) is 122 cm³/mol. The van der Waals surface area contributed by atoms with E-state index in [0.717, 1.165) is 18.6 Å². The van der Waals surface area contributed by atoms with E-state index in [1.165, 1.54) is 16.8 Å². The molecule has 1 unspecified atom stereocenters. The summed E-state index contributed by atoms with van der Waals surface area (Å²) in [7, 11) is 0. The predicted octanol–water partition coefficient (Wildman–Crippen LogP) is 3.97. The van der Waals surface area contributed by atoms with Crippen molar-refractivity contribution < 1.29 is 23.5 Å². The number of carboxylic acid groups (broad SMARTS) is 1. The van der Waals surface area contributed by atoms with Gasteiger partial charge in [-0.15, -0.1) is 0 Å². The fraction of sp³-hybridized carbons (Fsp3) is 0.391. The van der Waals surface area contributed by atoms with Gasteiger partial charge in [0.1, 0.15) is 29.2 Å². The molecule has 1 aliphatic heterocycles. The number of benzene rings is 1. The van der Waals surface area contributed by atoms with Gasteiger partial charge in [-0.25, -0.2) is 27.9 Å². The highest BCUT2D eigenvalue weighted by atomic mass is 19.1. The first-order valence-corrected chi connectivity index (χ1v) is 11.1. The maximum atomic E-state index is 14.4. The van der Waals surface area contributed by atoms with Gasteiger partial charge in [0, 0.05) is 18.3 Å². The molecule has 0 aliphatic carbocycles. The Morgan fingerprint density at radius 1 is 1.26 bits per heavy atom. The van der Waals surface area contributed by atoms with Crippen LogP contribution in [0.15, 0.2) is 36.7 Å². The van der Waals surface area contributed by atoms with Crippen LogP contribution >= 0.6 is 0 Å². The van der Waals surface area contributed by atoms with E-state index in [1.54, 1.807) is 12.3 Å². The minimum atomic E-state index is -1.12. The number of carbonyl (C=O) groups is 2. The van der Waals surface area contributed by atoms with Crippen LogP contribution in [0.2, 0.25) is 0 Å². The zero-order chi connectivity index (χ0) is 24.4. The highest BCUT2D eigenvalue weighted by molar-refractivity contribution is 5.95. The van der Waals surface area contributed by atoms with Crippen LogP contribution in [0.3, 0.4) is 0 Å². The molecular formula is C23H26F2N6O3. The van der Waals surface area contributed by atoms with E-state index < -0.39 is 29.7 Å². The number of hydrogen-bond acceptors (Lipinski definition) is 5. The van der Waals surface area contributed by atoms with Gasteiger partial charge in [-0.2, -0.15) is 5.10 Å². The summed E-state index contributed by atoms with van der Waals surface area (Å²) in [5.41, 5.74) is 0.907. The number of aliphatic carboxylic acids is 1. The van der Waals surface area contributed by atoms with E-state index in [0.29, 0.717) is 30.1 Å². The third-order valence-corrected chi connectivity index (χ3v) is 5.78. The normalized spacial score (nSPS) is 16.7. The molecule has 34 heavy (non-hydrogen) atoms. The second-order valence-corrected chi connectivity index (χ2v) is 8.75. The summed E-state index contributed by atoms with van der Waals surface area (Å²) in [5.74, 6) is -1.48. The van der Waals surface area contributed by atoms with Crippen molar-refractivity contribution in [2.45, 2.75) is 45.2 Å². The van der Waals surface area contributed by atoms with Crippen LogP contribution in [0, 0.1) is 17.6 Å². The van der Waals surface area contributed by atoms with E-state index >= 15 is 0 Å². The Morgan fingerprint density at radius 2 is 2.06 bits per heavy atom. The molecule has 0 bridgehead atoms. The van der Waals surface area contributed by atoms with Crippen LogP contribution < -0.4 is 15.5 Å². The Morgan fingerprint density at radius 3 is 2.79 bits per heavy atom. The van der Waals surface area contributed by atoms with E-state index in [1.807, 2.05) is 18.7 Å². The smallest absolute Gasteiger partial charge is 0.326 e. The lowest BCUT2D eigenvalue weighted by Gasteiger charge is -2.26. The number of rotatable bonds is 7. The fourth-order valence-electron chi connectivity index (χ4n) is 4.25. The summed E-state index contributed by atoms with van der Waals surface area (Å²) in [4.78, 5) is 30.4. The largest absolute Gasteiger partial charge is 0.480 e. The molecule has 3 N–H and O–H groups in total. The van der Waals surface area contributed by atoms with Gasteiger partial charge in [-0.3, -0.25) is 0 Å². The van der Waals surface area contributed by atoms with E-state index in [2.05, 4.69) is 20.7 Å². The maximum Gasteiger partial charge on any atom is 0.326 e. The van der Waals surface area contributed by atoms with Gasteiger partial charge < -0.3 is 20.6 Å². The molecule has 2 atom stereocenters. The summed E-state index contributed by atoms with van der Waals surface area (Å²) >= 11 is 0. The molecular weight excluding hydrogens is 446 g/mol. The van der Waals surface area contributed by atoms with Gasteiger partial charge in [0.2, 0.25) is 0 Å². The van der Waals surface area contributed by atoms with Crippen molar-refractivity contribution in [3.8, 4) is 0 Å². The molecule has 180 valence electrons. The number of fused-ring (bicyclic) bond motifs is 1. The van der Waals surface area contributed by atoms with Crippen molar-refractivity contribution in [1.82, 2.24) is 19.9 Å². The monoisotopic (exact) mass is 472 g/mol. The topological polar surface area (TPSA) is 112 Å². The minimum Gasteiger partial charge on any atom is -0.480 e. The number of nitrogens with one attached hydrogen (secondary N) is 2. The Balaban J connectivity index is 1.57. The van der Waals surface area contributed by atoms with Gasteiger partial charge in [0.25, 0.3) is 0 Å². The van der Waals surface area contributed by atoms with E-state index in [-0.39, 0.29) is 23.9 Å². The lowest BCUT2D eigenvalue weighted by molar-refractivity contribution is -0.139. The van der Waals surface area contributed by atoms with E-state index in [9.17, 15) is 23.5 Å². The first kappa shape index (κ1) is 23.4. The molecule has 1 fully saturated rings. The van der Waals surface area contributed by atoms with Crippen molar-refractivity contribution in [2.75, 3.05) is 16.8 Å².